The standard InChI is InChI=1S/C19H24N4O/c1-13-5-4-10-23(12-13)18-9-8-17(21-22-18)20-19(24)16-7-6-14(2)15(3)11-16/h6-9,11,13H,4-5,10,12H2,1-3H3,(H,20,21,24). The fraction of sp³-hybridized carbons (Fsp3) is 0.421. The highest BCUT2D eigenvalue weighted by Gasteiger charge is 2.18. The van der Waals surface area contributed by atoms with Crippen molar-refractivity contribution >= 4 is 17.5 Å². The fourth-order valence-electron chi connectivity index (χ4n) is 3.03. The minimum Gasteiger partial charge on any atom is -0.355 e. The van der Waals surface area contributed by atoms with Gasteiger partial charge in [0.15, 0.2) is 11.6 Å². The molecule has 0 radical (unpaired) electrons. The van der Waals surface area contributed by atoms with Crippen molar-refractivity contribution in [2.75, 3.05) is 23.3 Å². The zero-order chi connectivity index (χ0) is 17.1. The SMILES string of the molecule is Cc1ccc(C(=O)Nc2ccc(N3CCCC(C)C3)nn2)cc1C. The predicted molar refractivity (Wildman–Crippen MR) is 96.5 cm³/mol. The summed E-state index contributed by atoms with van der Waals surface area (Å²) in [5, 5.41) is 11.2. The fourth-order valence-corrected chi connectivity index (χ4v) is 3.03. The zero-order valence-corrected chi connectivity index (χ0v) is 14.5. The lowest BCUT2D eigenvalue weighted by Gasteiger charge is -2.31. The lowest BCUT2D eigenvalue weighted by molar-refractivity contribution is 0.102. The van der Waals surface area contributed by atoms with Crippen molar-refractivity contribution in [3.8, 4) is 0 Å². The molecule has 1 unspecified atom stereocenters. The summed E-state index contributed by atoms with van der Waals surface area (Å²) in [6.07, 6.45) is 2.46. The van der Waals surface area contributed by atoms with E-state index in [1.165, 1.54) is 18.4 Å². The Labute approximate surface area is 143 Å². The molecule has 24 heavy (non-hydrogen) atoms. The molecule has 2 heterocycles. The maximum absolute atomic E-state index is 12.3. The van der Waals surface area contributed by atoms with Crippen molar-refractivity contribution in [1.82, 2.24) is 10.2 Å². The highest BCUT2D eigenvalue weighted by molar-refractivity contribution is 6.03. The Morgan fingerprint density at radius 2 is 2.00 bits per heavy atom. The molecular weight excluding hydrogens is 300 g/mol. The second-order valence-electron chi connectivity index (χ2n) is 6.72. The monoisotopic (exact) mass is 324 g/mol. The number of carbonyl (C=O) groups excluding carboxylic acids is 1. The number of rotatable bonds is 3. The average Bonchev–Trinajstić information content (AvgIpc) is 2.58. The number of hydrogen-bond donors (Lipinski definition) is 1. The van der Waals surface area contributed by atoms with Crippen molar-refractivity contribution in [3.63, 3.8) is 0 Å². The second-order valence-corrected chi connectivity index (χ2v) is 6.72. The topological polar surface area (TPSA) is 58.1 Å². The highest BCUT2D eigenvalue weighted by atomic mass is 16.1. The van der Waals surface area contributed by atoms with E-state index in [4.69, 9.17) is 0 Å². The molecular formula is C19H24N4O. The average molecular weight is 324 g/mol. The summed E-state index contributed by atoms with van der Waals surface area (Å²) in [6.45, 7) is 8.33. The van der Waals surface area contributed by atoms with Crippen LogP contribution in [0.4, 0.5) is 11.6 Å². The molecule has 1 fully saturated rings. The molecule has 1 aliphatic rings. The predicted octanol–water partition coefficient (Wildman–Crippen LogP) is 3.58. The molecule has 1 N–H and O–H groups in total. The van der Waals surface area contributed by atoms with Crippen molar-refractivity contribution in [1.29, 1.82) is 0 Å². The number of aryl methyl sites for hydroxylation is 2. The number of benzene rings is 1. The summed E-state index contributed by atoms with van der Waals surface area (Å²) in [5.41, 5.74) is 2.91. The molecule has 0 bridgehead atoms. The Kier molecular flexibility index (Phi) is 4.79. The van der Waals surface area contributed by atoms with E-state index in [9.17, 15) is 4.79 Å². The van der Waals surface area contributed by atoms with E-state index in [2.05, 4.69) is 27.3 Å². The molecule has 1 aromatic heterocycles. The van der Waals surface area contributed by atoms with E-state index >= 15 is 0 Å². The van der Waals surface area contributed by atoms with Gasteiger partial charge in [-0.1, -0.05) is 13.0 Å². The number of hydrogen-bond acceptors (Lipinski definition) is 4. The third kappa shape index (κ3) is 3.72. The number of piperidine rings is 1. The first kappa shape index (κ1) is 16.4. The third-order valence-corrected chi connectivity index (χ3v) is 4.64. The molecule has 1 aliphatic heterocycles. The molecule has 3 rings (SSSR count). The van der Waals surface area contributed by atoms with Crippen molar-refractivity contribution in [3.05, 3.63) is 47.0 Å². The molecule has 1 saturated heterocycles. The summed E-state index contributed by atoms with van der Waals surface area (Å²) < 4.78 is 0. The summed E-state index contributed by atoms with van der Waals surface area (Å²) in [4.78, 5) is 14.6. The van der Waals surface area contributed by atoms with Crippen LogP contribution in [0.2, 0.25) is 0 Å². The lowest BCUT2D eigenvalue weighted by Crippen LogP contribution is -2.34. The van der Waals surface area contributed by atoms with Gasteiger partial charge in [0.25, 0.3) is 5.91 Å². The van der Waals surface area contributed by atoms with Gasteiger partial charge in [-0.3, -0.25) is 4.79 Å². The van der Waals surface area contributed by atoms with Gasteiger partial charge < -0.3 is 10.2 Å². The van der Waals surface area contributed by atoms with Crippen LogP contribution in [0.3, 0.4) is 0 Å². The van der Waals surface area contributed by atoms with E-state index in [1.807, 2.05) is 44.2 Å². The maximum atomic E-state index is 12.3. The normalized spacial score (nSPS) is 17.6. The Balaban J connectivity index is 1.67. The maximum Gasteiger partial charge on any atom is 0.256 e. The number of carbonyl (C=O) groups is 1. The van der Waals surface area contributed by atoms with Gasteiger partial charge in [0.2, 0.25) is 0 Å². The quantitative estimate of drug-likeness (QED) is 0.937. The molecule has 1 amide bonds. The molecule has 126 valence electrons. The second kappa shape index (κ2) is 6.99. The van der Waals surface area contributed by atoms with Gasteiger partial charge in [-0.25, -0.2) is 0 Å². The molecule has 1 atom stereocenters. The van der Waals surface area contributed by atoms with Crippen LogP contribution in [-0.2, 0) is 0 Å². The molecule has 0 aliphatic carbocycles. The highest BCUT2D eigenvalue weighted by Crippen LogP contribution is 2.21. The van der Waals surface area contributed by atoms with Crippen LogP contribution in [0.1, 0.15) is 41.3 Å². The van der Waals surface area contributed by atoms with Gasteiger partial charge in [-0.05, 0) is 68.0 Å². The molecule has 5 nitrogen and oxygen atoms in total. The van der Waals surface area contributed by atoms with Gasteiger partial charge in [-0.15, -0.1) is 10.2 Å². The Bertz CT molecular complexity index is 727. The first-order valence-electron chi connectivity index (χ1n) is 8.50. The van der Waals surface area contributed by atoms with Crippen LogP contribution in [0.15, 0.2) is 30.3 Å². The Morgan fingerprint density at radius 3 is 2.67 bits per heavy atom. The summed E-state index contributed by atoms with van der Waals surface area (Å²) in [5.74, 6) is 1.88. The number of nitrogens with one attached hydrogen (secondary N) is 1. The minimum absolute atomic E-state index is 0.160. The van der Waals surface area contributed by atoms with Gasteiger partial charge in [-0.2, -0.15) is 0 Å². The van der Waals surface area contributed by atoms with Gasteiger partial charge in [0.05, 0.1) is 0 Å². The number of aromatic nitrogens is 2. The van der Waals surface area contributed by atoms with E-state index in [-0.39, 0.29) is 5.91 Å². The number of anilines is 2. The van der Waals surface area contributed by atoms with E-state index in [0.29, 0.717) is 17.3 Å². The van der Waals surface area contributed by atoms with Crippen LogP contribution < -0.4 is 10.2 Å². The first-order valence-corrected chi connectivity index (χ1v) is 8.50. The third-order valence-electron chi connectivity index (χ3n) is 4.64. The van der Waals surface area contributed by atoms with Crippen molar-refractivity contribution in [2.45, 2.75) is 33.6 Å². The molecule has 0 spiro atoms. The molecule has 2 aromatic rings. The van der Waals surface area contributed by atoms with Gasteiger partial charge in [0.1, 0.15) is 0 Å². The van der Waals surface area contributed by atoms with Crippen molar-refractivity contribution < 1.29 is 4.79 Å². The largest absolute Gasteiger partial charge is 0.355 e. The van der Waals surface area contributed by atoms with Crippen LogP contribution >= 0.6 is 0 Å². The van der Waals surface area contributed by atoms with Crippen molar-refractivity contribution in [2.24, 2.45) is 5.92 Å². The molecule has 0 saturated carbocycles. The van der Waals surface area contributed by atoms with E-state index in [1.54, 1.807) is 0 Å². The summed E-state index contributed by atoms with van der Waals surface area (Å²) >= 11 is 0. The Morgan fingerprint density at radius 1 is 1.17 bits per heavy atom. The van der Waals surface area contributed by atoms with Crippen LogP contribution in [0.5, 0.6) is 0 Å². The minimum atomic E-state index is -0.160. The first-order chi connectivity index (χ1) is 11.5. The van der Waals surface area contributed by atoms with E-state index in [0.717, 1.165) is 24.5 Å². The van der Waals surface area contributed by atoms with Gasteiger partial charge in [0, 0.05) is 18.7 Å². The molecule has 1 aromatic carbocycles. The number of nitrogens with zero attached hydrogens (tertiary/aromatic N) is 3. The summed E-state index contributed by atoms with van der Waals surface area (Å²) in [7, 11) is 0. The summed E-state index contributed by atoms with van der Waals surface area (Å²) in [6, 6.07) is 9.42. The smallest absolute Gasteiger partial charge is 0.256 e. The van der Waals surface area contributed by atoms with Crippen LogP contribution in [0, 0.1) is 19.8 Å². The Hall–Kier alpha value is -2.43. The van der Waals surface area contributed by atoms with Crippen LogP contribution in [0.25, 0.3) is 0 Å². The van der Waals surface area contributed by atoms with Crippen LogP contribution in [-0.4, -0.2) is 29.2 Å². The number of amides is 1. The van der Waals surface area contributed by atoms with E-state index < -0.39 is 0 Å². The lowest BCUT2D eigenvalue weighted by atomic mass is 10.0. The zero-order valence-electron chi connectivity index (χ0n) is 14.5. The molecule has 5 heteroatoms. The van der Waals surface area contributed by atoms with Gasteiger partial charge >= 0.3 is 0 Å².